The van der Waals surface area contributed by atoms with Crippen LogP contribution in [-0.4, -0.2) is 72.5 Å². The van der Waals surface area contributed by atoms with Gasteiger partial charge in [-0.15, -0.1) is 0 Å². The van der Waals surface area contributed by atoms with E-state index in [0.29, 0.717) is 58.7 Å². The number of anilines is 2. The number of benzene rings is 2. The average molecular weight is 602 g/mol. The van der Waals surface area contributed by atoms with E-state index < -0.39 is 39.5 Å². The second-order valence-electron chi connectivity index (χ2n) is 11.4. The van der Waals surface area contributed by atoms with E-state index in [0.717, 1.165) is 30.0 Å². The number of hydrogen-bond donors (Lipinski definition) is 1. The van der Waals surface area contributed by atoms with Crippen molar-refractivity contribution < 1.29 is 36.1 Å². The van der Waals surface area contributed by atoms with Gasteiger partial charge in [-0.3, -0.25) is 19.8 Å². The number of nitrogens with zero attached hydrogens (tertiary/aromatic N) is 4. The summed E-state index contributed by atoms with van der Waals surface area (Å²) in [7, 11) is 0. The lowest BCUT2D eigenvalue weighted by Crippen LogP contribution is -2.54. The van der Waals surface area contributed by atoms with Gasteiger partial charge in [-0.05, 0) is 63.1 Å². The van der Waals surface area contributed by atoms with Crippen LogP contribution in [0.3, 0.4) is 0 Å². The summed E-state index contributed by atoms with van der Waals surface area (Å²) in [6, 6.07) is 7.75. The number of nitro benzene ring substituents is 1. The van der Waals surface area contributed by atoms with Gasteiger partial charge in [0.15, 0.2) is 0 Å². The van der Waals surface area contributed by atoms with Gasteiger partial charge in [-0.25, -0.2) is 0 Å². The second kappa shape index (κ2) is 12.0. The predicted octanol–water partition coefficient (Wildman–Crippen LogP) is 5.88. The van der Waals surface area contributed by atoms with Crippen LogP contribution >= 0.6 is 0 Å². The minimum absolute atomic E-state index is 0.0270. The third-order valence-electron chi connectivity index (χ3n) is 7.78. The Morgan fingerprint density at radius 2 is 1.50 bits per heavy atom. The van der Waals surface area contributed by atoms with Crippen molar-refractivity contribution in [3.05, 3.63) is 63.7 Å². The van der Waals surface area contributed by atoms with Crippen molar-refractivity contribution >= 4 is 23.0 Å². The van der Waals surface area contributed by atoms with Crippen molar-refractivity contribution in [2.24, 2.45) is 5.41 Å². The van der Waals surface area contributed by atoms with Crippen molar-refractivity contribution in [1.29, 1.82) is 0 Å². The Labute approximate surface area is 239 Å². The molecule has 2 aliphatic heterocycles. The first-order valence-electron chi connectivity index (χ1n) is 13.6. The minimum atomic E-state index is -4.86. The molecule has 1 N–H and O–H groups in total. The predicted molar refractivity (Wildman–Crippen MR) is 145 cm³/mol. The van der Waals surface area contributed by atoms with Crippen molar-refractivity contribution in [3.63, 3.8) is 0 Å². The van der Waals surface area contributed by atoms with Crippen LogP contribution in [0.5, 0.6) is 0 Å². The first-order chi connectivity index (χ1) is 19.5. The number of alkyl halides is 6. The molecular formula is C28H33F6N5O3. The number of nitrogens with one attached hydrogen (secondary N) is 1. The first-order valence-corrected chi connectivity index (χ1v) is 13.6. The zero-order valence-electron chi connectivity index (χ0n) is 23.3. The van der Waals surface area contributed by atoms with Crippen LogP contribution < -0.4 is 10.2 Å². The van der Waals surface area contributed by atoms with E-state index in [-0.39, 0.29) is 17.6 Å². The molecule has 2 fully saturated rings. The molecule has 0 saturated carbocycles. The Balaban J connectivity index is 1.27. The number of carbonyl (C=O) groups excluding carboxylic acids is 1. The van der Waals surface area contributed by atoms with Crippen LogP contribution in [0, 0.1) is 15.5 Å². The van der Waals surface area contributed by atoms with Gasteiger partial charge in [0, 0.05) is 69.3 Å². The molecule has 42 heavy (non-hydrogen) atoms. The van der Waals surface area contributed by atoms with Gasteiger partial charge in [-0.1, -0.05) is 0 Å². The molecule has 0 bridgehead atoms. The third kappa shape index (κ3) is 7.44. The summed E-state index contributed by atoms with van der Waals surface area (Å²) in [5.41, 5.74) is -2.85. The van der Waals surface area contributed by atoms with Crippen molar-refractivity contribution in [2.45, 2.75) is 45.1 Å². The summed E-state index contributed by atoms with van der Waals surface area (Å²) in [6.07, 6.45) is -8.23. The Morgan fingerprint density at radius 1 is 0.905 bits per heavy atom. The number of nitro groups is 1. The molecule has 0 atom stereocenters. The molecule has 2 heterocycles. The Bertz CT molecular complexity index is 1270. The topological polar surface area (TPSA) is 82.0 Å². The highest BCUT2D eigenvalue weighted by Gasteiger charge is 2.39. The number of amides is 1. The average Bonchev–Trinajstić information content (AvgIpc) is 2.92. The van der Waals surface area contributed by atoms with Gasteiger partial charge in [0.2, 0.25) is 5.91 Å². The first kappa shape index (κ1) is 31.4. The smallest absolute Gasteiger partial charge is 0.382 e. The number of rotatable bonds is 7. The summed E-state index contributed by atoms with van der Waals surface area (Å²) in [4.78, 5) is 29.3. The Hall–Kier alpha value is -3.55. The molecule has 2 saturated heterocycles. The zero-order valence-corrected chi connectivity index (χ0v) is 23.3. The summed E-state index contributed by atoms with van der Waals surface area (Å²) >= 11 is 0. The molecular weight excluding hydrogens is 568 g/mol. The maximum Gasteiger partial charge on any atom is 0.423 e. The van der Waals surface area contributed by atoms with E-state index >= 15 is 0 Å². The molecule has 2 aliphatic rings. The van der Waals surface area contributed by atoms with Gasteiger partial charge in [0.25, 0.3) is 5.69 Å². The molecule has 4 rings (SSSR count). The van der Waals surface area contributed by atoms with E-state index in [1.807, 2.05) is 18.7 Å². The van der Waals surface area contributed by atoms with Gasteiger partial charge in [0.1, 0.15) is 5.56 Å². The molecule has 8 nitrogen and oxygen atoms in total. The van der Waals surface area contributed by atoms with E-state index in [9.17, 15) is 41.3 Å². The van der Waals surface area contributed by atoms with Crippen molar-refractivity contribution in [1.82, 2.24) is 9.80 Å². The fourth-order valence-corrected chi connectivity index (χ4v) is 5.55. The number of hydrogen-bond acceptors (Lipinski definition) is 6. The van der Waals surface area contributed by atoms with Crippen LogP contribution in [0.1, 0.15) is 37.8 Å². The van der Waals surface area contributed by atoms with Gasteiger partial charge in [-0.2, -0.15) is 26.3 Å². The molecule has 0 aromatic heterocycles. The lowest BCUT2D eigenvalue weighted by molar-refractivity contribution is -0.388. The van der Waals surface area contributed by atoms with E-state index in [4.69, 9.17) is 0 Å². The number of piperidine rings is 1. The fraction of sp³-hybridized carbons (Fsp3) is 0.536. The molecule has 0 radical (unpaired) electrons. The summed E-state index contributed by atoms with van der Waals surface area (Å²) in [6.45, 7) is 7.62. The van der Waals surface area contributed by atoms with E-state index in [2.05, 4.69) is 10.2 Å². The summed E-state index contributed by atoms with van der Waals surface area (Å²) in [5, 5.41) is 14.0. The quantitative estimate of drug-likeness (QED) is 0.243. The Kier molecular flexibility index (Phi) is 8.95. The molecule has 0 aliphatic carbocycles. The number of likely N-dealkylation sites (tertiary alicyclic amines) is 1. The van der Waals surface area contributed by atoms with Crippen molar-refractivity contribution in [3.8, 4) is 0 Å². The van der Waals surface area contributed by atoms with Crippen LogP contribution in [-0.2, 0) is 17.1 Å². The summed E-state index contributed by atoms with van der Waals surface area (Å²) in [5.74, 6) is -0.0270. The molecule has 2 aromatic rings. The number of halogens is 6. The second-order valence-corrected chi connectivity index (χ2v) is 11.4. The minimum Gasteiger partial charge on any atom is -0.382 e. The monoisotopic (exact) mass is 601 g/mol. The Morgan fingerprint density at radius 3 is 2.02 bits per heavy atom. The molecule has 0 spiro atoms. The normalized spacial score (nSPS) is 17.8. The van der Waals surface area contributed by atoms with Crippen LogP contribution in [0.15, 0.2) is 42.5 Å². The SMILES string of the molecule is CC(C)(CN1CCN(c2ccc(C(F)(F)F)cc2)CC1)C(=O)N1CCC(Nc2ccc([N+](=O)[O-])c(C(F)(F)F)c2)CC1. The van der Waals surface area contributed by atoms with Crippen LogP contribution in [0.25, 0.3) is 0 Å². The van der Waals surface area contributed by atoms with Gasteiger partial charge >= 0.3 is 12.4 Å². The highest BCUT2D eigenvalue weighted by atomic mass is 19.4. The fourth-order valence-electron chi connectivity index (χ4n) is 5.55. The van der Waals surface area contributed by atoms with Crippen molar-refractivity contribution in [2.75, 3.05) is 56.0 Å². The number of piperazine rings is 1. The van der Waals surface area contributed by atoms with E-state index in [1.54, 1.807) is 4.90 Å². The van der Waals surface area contributed by atoms with Crippen LogP contribution in [0.4, 0.5) is 43.4 Å². The maximum atomic E-state index is 13.4. The number of carbonyl (C=O) groups is 1. The summed E-state index contributed by atoms with van der Waals surface area (Å²) < 4.78 is 78.5. The third-order valence-corrected chi connectivity index (χ3v) is 7.78. The highest BCUT2D eigenvalue weighted by molar-refractivity contribution is 5.82. The zero-order chi connectivity index (χ0) is 30.9. The maximum absolute atomic E-state index is 13.4. The molecule has 14 heteroatoms. The van der Waals surface area contributed by atoms with E-state index in [1.165, 1.54) is 18.2 Å². The van der Waals surface area contributed by atoms with Gasteiger partial charge < -0.3 is 15.1 Å². The lowest BCUT2D eigenvalue weighted by Gasteiger charge is -2.42. The molecule has 0 unspecified atom stereocenters. The van der Waals surface area contributed by atoms with Crippen LogP contribution in [0.2, 0.25) is 0 Å². The molecule has 230 valence electrons. The largest absolute Gasteiger partial charge is 0.423 e. The lowest BCUT2D eigenvalue weighted by atomic mass is 9.89. The standard InChI is InChI=1S/C28H33F6N5O3/c1-26(2,18-36-13-15-37(16-14-36)22-6-3-19(4-7-22)27(29,30)31)25(40)38-11-9-20(10-12-38)35-21-5-8-24(39(41)42)23(17-21)28(32,33)34/h3-8,17,20,35H,9-16,18H2,1-2H3. The van der Waals surface area contributed by atoms with Gasteiger partial charge in [0.05, 0.1) is 15.9 Å². The highest BCUT2D eigenvalue weighted by Crippen LogP contribution is 2.38. The molecule has 1 amide bonds. The molecule has 2 aromatic carbocycles.